The zero-order chi connectivity index (χ0) is 22.1. The first-order valence-corrected chi connectivity index (χ1v) is 11.0. The van der Waals surface area contributed by atoms with Gasteiger partial charge in [0.25, 0.3) is 5.56 Å². The van der Waals surface area contributed by atoms with Gasteiger partial charge in [0.2, 0.25) is 0 Å². The summed E-state index contributed by atoms with van der Waals surface area (Å²) >= 11 is 1.29. The number of alkyl halides is 2. The molecule has 1 aliphatic rings. The van der Waals surface area contributed by atoms with Gasteiger partial charge in [-0.3, -0.25) is 4.79 Å². The maximum absolute atomic E-state index is 12.9. The minimum Gasteiger partial charge on any atom is -0.357 e. The Labute approximate surface area is 185 Å². The Morgan fingerprint density at radius 2 is 2.06 bits per heavy atom. The monoisotopic (exact) mass is 458 g/mol. The van der Waals surface area contributed by atoms with Crippen LogP contribution >= 0.6 is 11.8 Å². The smallest absolute Gasteiger partial charge is 0.333 e. The Morgan fingerprint density at radius 1 is 1.16 bits per heavy atom. The van der Waals surface area contributed by atoms with Gasteiger partial charge in [-0.15, -0.1) is 0 Å². The molecule has 0 radical (unpaired) electrons. The van der Waals surface area contributed by atoms with E-state index in [0.717, 1.165) is 36.5 Å². The summed E-state index contributed by atoms with van der Waals surface area (Å²) in [6.45, 7) is -1.68. The first-order chi connectivity index (χ1) is 15.6. The lowest BCUT2D eigenvalue weighted by atomic mass is 10.2. The number of aromatic nitrogens is 6. The number of nitrogens with zero attached hydrogens (tertiary/aromatic N) is 6. The number of hydrogen-bond donors (Lipinski definition) is 0. The summed E-state index contributed by atoms with van der Waals surface area (Å²) in [7, 11) is 0. The topological polar surface area (TPSA) is 79.8 Å². The molecule has 8 nitrogen and oxygen atoms in total. The Bertz CT molecular complexity index is 1290. The molecule has 4 aromatic rings. The first kappa shape index (κ1) is 20.8. The van der Waals surface area contributed by atoms with Gasteiger partial charge in [-0.25, -0.2) is 14.0 Å². The zero-order valence-electron chi connectivity index (χ0n) is 17.0. The van der Waals surface area contributed by atoms with Crippen molar-refractivity contribution in [3.05, 3.63) is 65.1 Å². The fourth-order valence-corrected chi connectivity index (χ4v) is 4.52. The van der Waals surface area contributed by atoms with Crippen molar-refractivity contribution in [2.75, 3.05) is 6.61 Å². The molecule has 0 aliphatic carbocycles. The van der Waals surface area contributed by atoms with Crippen molar-refractivity contribution >= 4 is 22.5 Å². The van der Waals surface area contributed by atoms with Crippen molar-refractivity contribution in [2.45, 2.75) is 48.4 Å². The van der Waals surface area contributed by atoms with Gasteiger partial charge in [0.1, 0.15) is 6.23 Å². The minimum atomic E-state index is -2.68. The van der Waals surface area contributed by atoms with Crippen LogP contribution in [0.1, 0.15) is 37.7 Å². The predicted octanol–water partition coefficient (Wildman–Crippen LogP) is 4.08. The van der Waals surface area contributed by atoms with Gasteiger partial charge >= 0.3 is 6.55 Å². The standard InChI is InChI=1S/C21H20F2N6O2S/c22-21(23)29-13-17(11-25-29)32-16-4-5-18-14(9-16)10-24-28(20(18)30)12-15-6-7-27(26-15)19-3-1-2-8-31-19/h4-7,9-11,13,19,21H,1-3,8,12H2. The molecule has 0 bridgehead atoms. The highest BCUT2D eigenvalue weighted by atomic mass is 32.2. The first-order valence-electron chi connectivity index (χ1n) is 10.2. The van der Waals surface area contributed by atoms with Gasteiger partial charge in [-0.1, -0.05) is 11.8 Å². The second kappa shape index (κ2) is 8.83. The maximum Gasteiger partial charge on any atom is 0.333 e. The molecule has 5 rings (SSSR count). The lowest BCUT2D eigenvalue weighted by Crippen LogP contribution is -2.24. The molecule has 1 saturated heterocycles. The maximum atomic E-state index is 12.9. The minimum absolute atomic E-state index is 0.0532. The van der Waals surface area contributed by atoms with Crippen LogP contribution in [0.3, 0.4) is 0 Å². The van der Waals surface area contributed by atoms with E-state index in [2.05, 4.69) is 15.3 Å². The van der Waals surface area contributed by atoms with Crippen molar-refractivity contribution in [1.82, 2.24) is 29.3 Å². The average molecular weight is 458 g/mol. The summed E-state index contributed by atoms with van der Waals surface area (Å²) in [6, 6.07) is 7.20. The molecular formula is C21H20F2N6O2S. The third kappa shape index (κ3) is 4.30. The van der Waals surface area contributed by atoms with E-state index in [9.17, 15) is 13.6 Å². The molecule has 0 amide bonds. The van der Waals surface area contributed by atoms with Crippen molar-refractivity contribution in [3.63, 3.8) is 0 Å². The van der Waals surface area contributed by atoms with E-state index in [1.807, 2.05) is 18.3 Å². The summed E-state index contributed by atoms with van der Waals surface area (Å²) in [5.41, 5.74) is 0.518. The van der Waals surface area contributed by atoms with Crippen molar-refractivity contribution in [2.24, 2.45) is 0 Å². The van der Waals surface area contributed by atoms with Crippen LogP contribution in [0.4, 0.5) is 8.78 Å². The largest absolute Gasteiger partial charge is 0.357 e. The summed E-state index contributed by atoms with van der Waals surface area (Å²) in [6.07, 6.45) is 9.23. The summed E-state index contributed by atoms with van der Waals surface area (Å²) in [4.78, 5) is 14.3. The highest BCUT2D eigenvalue weighted by Gasteiger charge is 2.17. The zero-order valence-corrected chi connectivity index (χ0v) is 17.8. The molecule has 1 aromatic carbocycles. The molecule has 1 aliphatic heterocycles. The van der Waals surface area contributed by atoms with Crippen LogP contribution in [-0.4, -0.2) is 35.9 Å². The van der Waals surface area contributed by atoms with Crippen molar-refractivity contribution in [1.29, 1.82) is 0 Å². The normalized spacial score (nSPS) is 16.8. The predicted molar refractivity (Wildman–Crippen MR) is 114 cm³/mol. The van der Waals surface area contributed by atoms with E-state index in [-0.39, 0.29) is 18.3 Å². The molecule has 1 fully saturated rings. The molecule has 32 heavy (non-hydrogen) atoms. The van der Waals surface area contributed by atoms with E-state index in [1.54, 1.807) is 23.0 Å². The molecule has 1 atom stereocenters. The number of benzene rings is 1. The van der Waals surface area contributed by atoms with Crippen LogP contribution in [0.5, 0.6) is 0 Å². The molecule has 166 valence electrons. The number of rotatable bonds is 6. The summed E-state index contributed by atoms with van der Waals surface area (Å²) in [5.74, 6) is 0. The second-order valence-corrected chi connectivity index (χ2v) is 8.65. The average Bonchev–Trinajstić information content (AvgIpc) is 3.46. The molecular weight excluding hydrogens is 438 g/mol. The lowest BCUT2D eigenvalue weighted by Gasteiger charge is -2.22. The third-order valence-corrected chi connectivity index (χ3v) is 6.20. The molecule has 4 heterocycles. The fourth-order valence-electron chi connectivity index (χ4n) is 3.67. The van der Waals surface area contributed by atoms with Crippen LogP contribution < -0.4 is 5.56 Å². The lowest BCUT2D eigenvalue weighted by molar-refractivity contribution is -0.0397. The fraction of sp³-hybridized carbons (Fsp3) is 0.333. The Kier molecular flexibility index (Phi) is 5.75. The number of fused-ring (bicyclic) bond motifs is 1. The quantitative estimate of drug-likeness (QED) is 0.433. The molecule has 1 unspecified atom stereocenters. The van der Waals surface area contributed by atoms with E-state index < -0.39 is 6.55 Å². The number of hydrogen-bond acceptors (Lipinski definition) is 6. The highest BCUT2D eigenvalue weighted by Crippen LogP contribution is 2.30. The molecule has 0 saturated carbocycles. The second-order valence-electron chi connectivity index (χ2n) is 7.50. The molecule has 11 heteroatoms. The van der Waals surface area contributed by atoms with E-state index >= 15 is 0 Å². The van der Waals surface area contributed by atoms with Gasteiger partial charge < -0.3 is 4.74 Å². The van der Waals surface area contributed by atoms with Crippen LogP contribution in [0.25, 0.3) is 10.8 Å². The Hall–Kier alpha value is -3.05. The van der Waals surface area contributed by atoms with Gasteiger partial charge in [-0.2, -0.15) is 24.1 Å². The van der Waals surface area contributed by atoms with Crippen molar-refractivity contribution in [3.8, 4) is 0 Å². The Morgan fingerprint density at radius 3 is 2.84 bits per heavy atom. The number of ether oxygens (including phenoxy) is 1. The number of halogens is 2. The van der Waals surface area contributed by atoms with Crippen LogP contribution in [0, 0.1) is 0 Å². The molecule has 0 N–H and O–H groups in total. The summed E-state index contributed by atoms with van der Waals surface area (Å²) in [5, 5.41) is 13.7. The Balaban J connectivity index is 1.34. The van der Waals surface area contributed by atoms with E-state index in [4.69, 9.17) is 4.74 Å². The van der Waals surface area contributed by atoms with Gasteiger partial charge in [0, 0.05) is 29.3 Å². The van der Waals surface area contributed by atoms with Crippen LogP contribution in [0.15, 0.2) is 63.6 Å². The van der Waals surface area contributed by atoms with E-state index in [1.165, 1.54) is 28.8 Å². The van der Waals surface area contributed by atoms with Crippen LogP contribution in [-0.2, 0) is 11.3 Å². The van der Waals surface area contributed by atoms with Gasteiger partial charge in [0.15, 0.2) is 0 Å². The van der Waals surface area contributed by atoms with Crippen molar-refractivity contribution < 1.29 is 13.5 Å². The highest BCUT2D eigenvalue weighted by molar-refractivity contribution is 7.99. The van der Waals surface area contributed by atoms with E-state index in [0.29, 0.717) is 20.3 Å². The SMILES string of the molecule is O=c1c2ccc(Sc3cnn(C(F)F)c3)cc2cnn1Cc1ccn(C2CCCCO2)n1. The van der Waals surface area contributed by atoms with Crippen LogP contribution in [0.2, 0.25) is 0 Å². The molecule has 0 spiro atoms. The molecule has 3 aromatic heterocycles. The third-order valence-electron chi connectivity index (χ3n) is 5.26. The summed E-state index contributed by atoms with van der Waals surface area (Å²) < 4.78 is 34.9. The van der Waals surface area contributed by atoms with Gasteiger partial charge in [0.05, 0.1) is 34.9 Å². The van der Waals surface area contributed by atoms with Gasteiger partial charge in [-0.05, 0) is 43.5 Å².